The Kier molecular flexibility index (Phi) is 16.7. The van der Waals surface area contributed by atoms with Gasteiger partial charge in [-0.1, -0.05) is 0 Å². The van der Waals surface area contributed by atoms with E-state index in [1.165, 1.54) is 0 Å². The number of hydrogen-bond donors (Lipinski definition) is 1. The molecule has 51 heavy (non-hydrogen) atoms. The number of aliphatic hydroxyl groups is 1. The Balaban J connectivity index is 2.64. The van der Waals surface area contributed by atoms with E-state index in [0.717, 1.165) is 0 Å². The van der Waals surface area contributed by atoms with E-state index in [4.69, 9.17) is 45.2 Å². The summed E-state index contributed by atoms with van der Waals surface area (Å²) >= 11 is 0. The molecule has 2 aliphatic heterocycles. The highest BCUT2D eigenvalue weighted by Crippen LogP contribution is 2.37. The van der Waals surface area contributed by atoms with Gasteiger partial charge in [0.2, 0.25) is 0 Å². The van der Waals surface area contributed by atoms with E-state index in [9.17, 15) is 5.11 Å². The van der Waals surface area contributed by atoms with Crippen LogP contribution < -0.4 is 0 Å². The van der Waals surface area contributed by atoms with Crippen LogP contribution in [0.2, 0.25) is 137 Å². The monoisotopic (exact) mass is 846 g/mol. The minimum atomic E-state index is -2.17. The van der Waals surface area contributed by atoms with E-state index in [0.29, 0.717) is 6.61 Å². The smallest absolute Gasteiger partial charge is 0.185 e. The van der Waals surface area contributed by atoms with Gasteiger partial charge in [0, 0.05) is 0 Å². The first-order valence-electron chi connectivity index (χ1n) is 18.8. The summed E-state index contributed by atoms with van der Waals surface area (Å²) in [6.07, 6.45) is -6.28. The predicted molar refractivity (Wildman–Crippen MR) is 224 cm³/mol. The second kappa shape index (κ2) is 17.7. The fourth-order valence-electron chi connectivity index (χ4n) is 5.95. The van der Waals surface area contributed by atoms with Crippen LogP contribution in [0.5, 0.6) is 0 Å². The molecule has 1 unspecified atom stereocenters. The molecule has 1 N–H and O–H groups in total. The maximum absolute atomic E-state index is 11.5. The minimum absolute atomic E-state index is 0.0778. The highest BCUT2D eigenvalue weighted by molar-refractivity contribution is 6.72. The van der Waals surface area contributed by atoms with Crippen molar-refractivity contribution in [2.75, 3.05) is 13.2 Å². The predicted octanol–water partition coefficient (Wildman–Crippen LogP) is 7.62. The molecule has 0 bridgehead atoms. The van der Waals surface area contributed by atoms with Gasteiger partial charge in [-0.05, 0) is 137 Å². The van der Waals surface area contributed by atoms with Crippen LogP contribution in [0.1, 0.15) is 0 Å². The Morgan fingerprint density at radius 2 is 0.686 bits per heavy atom. The largest absolute Gasteiger partial charge is 0.415 e. The van der Waals surface area contributed by atoms with Crippen LogP contribution in [0, 0.1) is 0 Å². The van der Waals surface area contributed by atoms with E-state index < -0.39 is 120 Å². The Morgan fingerprint density at radius 1 is 0.373 bits per heavy atom. The van der Waals surface area contributed by atoms with Crippen LogP contribution in [0.15, 0.2) is 0 Å². The highest BCUT2D eigenvalue weighted by Gasteiger charge is 2.55. The van der Waals surface area contributed by atoms with Gasteiger partial charge in [-0.25, -0.2) is 0 Å². The van der Waals surface area contributed by atoms with Crippen molar-refractivity contribution in [3.05, 3.63) is 0 Å². The van der Waals surface area contributed by atoms with Crippen molar-refractivity contribution in [3.8, 4) is 0 Å². The van der Waals surface area contributed by atoms with E-state index in [-0.39, 0.29) is 6.61 Å². The molecule has 0 aliphatic carbocycles. The molecule has 0 aromatic rings. The Morgan fingerprint density at radius 3 is 1.06 bits per heavy atom. The topological polar surface area (TPSA) is 113 Å². The first kappa shape index (κ1) is 48.2. The molecule has 2 aliphatic rings. The molecule has 2 saturated heterocycles. The van der Waals surface area contributed by atoms with Crippen molar-refractivity contribution >= 4 is 58.2 Å². The minimum Gasteiger partial charge on any atom is -0.415 e. The van der Waals surface area contributed by atoms with Crippen LogP contribution in [0.3, 0.4) is 0 Å². The normalized spacial score (nSPS) is 32.4. The van der Waals surface area contributed by atoms with Crippen molar-refractivity contribution in [1.29, 1.82) is 0 Å². The second-order valence-corrected chi connectivity index (χ2v) is 52.3. The summed E-state index contributed by atoms with van der Waals surface area (Å²) in [5.74, 6) is 0. The lowest BCUT2D eigenvalue weighted by molar-refractivity contribution is -0.316. The molecule has 304 valence electrons. The van der Waals surface area contributed by atoms with Crippen molar-refractivity contribution < 1.29 is 50.3 Å². The summed E-state index contributed by atoms with van der Waals surface area (Å²) in [5.41, 5.74) is 0. The standard InChI is InChI=1S/C33H78O11Si7/c1-45(2,3)36-23-25-27(40-47(7,8)9)29(42-49(13,14)15)31(44-51(19,20)21)33(38-25)35-22-24-26(39-46(4,5)6)28(41-48(10,11)12)30(32(34)37-24)43-50(16,17)18/h24-34H,22-23H2,1-21H3/t24-,25-,26-,27-,28+,29+,30-,31-,32+,33?/m1/s1. The van der Waals surface area contributed by atoms with Crippen LogP contribution in [0.25, 0.3) is 0 Å². The van der Waals surface area contributed by atoms with Crippen molar-refractivity contribution in [2.45, 2.75) is 199 Å². The van der Waals surface area contributed by atoms with E-state index in [1.54, 1.807) is 0 Å². The average Bonchev–Trinajstić information content (AvgIpc) is 2.84. The third-order valence-electron chi connectivity index (χ3n) is 7.24. The quantitative estimate of drug-likeness (QED) is 0.138. The van der Waals surface area contributed by atoms with Gasteiger partial charge in [-0.15, -0.1) is 0 Å². The van der Waals surface area contributed by atoms with Gasteiger partial charge < -0.3 is 50.3 Å². The van der Waals surface area contributed by atoms with Gasteiger partial charge >= 0.3 is 0 Å². The molecule has 0 amide bonds. The SMILES string of the molecule is C[Si](C)(C)OC[C@H]1OC(OC[C@H]2O[C@H](O)[C@H](O[Si](C)(C)C)[C@@H](O[Si](C)(C)C)[C@@H]2O[Si](C)(C)C)[C@H](O[Si](C)(C)C)[C@@H](O[Si](C)(C)C)[C@@H]1O[Si](C)(C)C. The summed E-state index contributed by atoms with van der Waals surface area (Å²) in [5, 5.41) is 11.5. The number of rotatable bonds is 18. The molecule has 2 rings (SSSR count). The van der Waals surface area contributed by atoms with Gasteiger partial charge in [0.15, 0.2) is 70.8 Å². The lowest BCUT2D eigenvalue weighted by Crippen LogP contribution is -2.68. The zero-order chi connectivity index (χ0) is 39.8. The van der Waals surface area contributed by atoms with Crippen LogP contribution >= 0.6 is 0 Å². The number of aliphatic hydroxyl groups excluding tert-OH is 1. The highest BCUT2D eigenvalue weighted by atomic mass is 28.4. The lowest BCUT2D eigenvalue weighted by atomic mass is 9.98. The summed E-state index contributed by atoms with van der Waals surface area (Å²) in [6.45, 7) is 45.8. The summed E-state index contributed by atoms with van der Waals surface area (Å²) in [4.78, 5) is 0. The number of ether oxygens (including phenoxy) is 3. The molecular weight excluding hydrogens is 769 g/mol. The van der Waals surface area contributed by atoms with Crippen LogP contribution in [0.4, 0.5) is 0 Å². The van der Waals surface area contributed by atoms with E-state index in [2.05, 4.69) is 137 Å². The van der Waals surface area contributed by atoms with Crippen molar-refractivity contribution in [3.63, 3.8) is 0 Å². The van der Waals surface area contributed by atoms with Gasteiger partial charge in [0.25, 0.3) is 0 Å². The van der Waals surface area contributed by atoms with E-state index in [1.807, 2.05) is 0 Å². The zero-order valence-electron chi connectivity index (χ0n) is 36.2. The Hall–Kier alpha value is 1.08. The molecule has 0 saturated carbocycles. The maximum atomic E-state index is 11.5. The Labute approximate surface area is 319 Å². The van der Waals surface area contributed by atoms with Crippen LogP contribution in [-0.2, 0) is 45.2 Å². The molecule has 2 heterocycles. The van der Waals surface area contributed by atoms with Crippen molar-refractivity contribution in [1.82, 2.24) is 0 Å². The van der Waals surface area contributed by atoms with Crippen LogP contribution in [-0.4, -0.2) is 138 Å². The first-order valence-corrected chi connectivity index (χ1v) is 42.7. The molecule has 10 atom stereocenters. The molecule has 0 radical (unpaired) electrons. The maximum Gasteiger partial charge on any atom is 0.185 e. The second-order valence-electron chi connectivity index (χ2n) is 21.0. The fourth-order valence-corrected chi connectivity index (χ4v) is 13.1. The molecule has 0 spiro atoms. The zero-order valence-corrected chi connectivity index (χ0v) is 43.2. The molecular formula is C33H78O11Si7. The summed E-state index contributed by atoms with van der Waals surface area (Å²) < 4.78 is 67.8. The van der Waals surface area contributed by atoms with Gasteiger partial charge in [0.1, 0.15) is 48.8 Å². The first-order chi connectivity index (χ1) is 22.5. The van der Waals surface area contributed by atoms with Gasteiger partial charge in [-0.2, -0.15) is 0 Å². The molecule has 11 nitrogen and oxygen atoms in total. The molecule has 0 aromatic carbocycles. The molecule has 18 heteroatoms. The third-order valence-corrected chi connectivity index (χ3v) is 14.2. The summed E-state index contributed by atoms with van der Waals surface area (Å²) in [7, 11) is -14.7. The van der Waals surface area contributed by atoms with E-state index >= 15 is 0 Å². The number of hydrogen-bond acceptors (Lipinski definition) is 11. The third kappa shape index (κ3) is 18.3. The molecule has 2 fully saturated rings. The van der Waals surface area contributed by atoms with Gasteiger partial charge in [-0.3, -0.25) is 0 Å². The Bertz CT molecular complexity index is 1070. The van der Waals surface area contributed by atoms with Gasteiger partial charge in [0.05, 0.1) is 13.2 Å². The fraction of sp³-hybridized carbons (Fsp3) is 1.00. The molecule has 0 aromatic heterocycles. The summed E-state index contributed by atoms with van der Waals surface area (Å²) in [6, 6.07) is 0. The lowest BCUT2D eigenvalue weighted by Gasteiger charge is -2.52. The van der Waals surface area contributed by atoms with Crippen molar-refractivity contribution in [2.24, 2.45) is 0 Å². The average molecular weight is 848 g/mol.